The van der Waals surface area contributed by atoms with Gasteiger partial charge in [0.25, 0.3) is 0 Å². The van der Waals surface area contributed by atoms with E-state index in [2.05, 4.69) is 15.3 Å². The quantitative estimate of drug-likeness (QED) is 0.749. The molecule has 2 rings (SSSR count). The lowest BCUT2D eigenvalue weighted by Crippen LogP contribution is -2.42. The molecule has 0 bridgehead atoms. The number of rotatable bonds is 2. The Morgan fingerprint density at radius 2 is 2.41 bits per heavy atom. The van der Waals surface area contributed by atoms with Crippen LogP contribution < -0.4 is 16.0 Å². The smallest absolute Gasteiger partial charge is 0.242 e. The van der Waals surface area contributed by atoms with Gasteiger partial charge < -0.3 is 16.0 Å². The molecule has 1 fully saturated rings. The molecule has 3 N–H and O–H groups in total. The number of nitrogens with one attached hydrogen (secondary N) is 1. The number of nitrogens with zero attached hydrogens (tertiary/aromatic N) is 3. The summed E-state index contributed by atoms with van der Waals surface area (Å²) in [6.45, 7) is 0.746. The number of likely N-dealkylation sites (N-methyl/N-ethyl adjacent to an activating group) is 1. The number of nitrogens with two attached hydrogens (primary N) is 1. The van der Waals surface area contributed by atoms with Crippen molar-refractivity contribution in [3.05, 3.63) is 11.5 Å². The van der Waals surface area contributed by atoms with Crippen LogP contribution in [0.25, 0.3) is 0 Å². The van der Waals surface area contributed by atoms with Crippen molar-refractivity contribution >= 4 is 29.0 Å². The van der Waals surface area contributed by atoms with Crippen LogP contribution in [0.15, 0.2) is 6.33 Å². The first kappa shape index (κ1) is 11.9. The molecule has 1 saturated heterocycles. The van der Waals surface area contributed by atoms with Gasteiger partial charge in [-0.3, -0.25) is 4.79 Å². The van der Waals surface area contributed by atoms with E-state index in [1.165, 1.54) is 6.33 Å². The van der Waals surface area contributed by atoms with Gasteiger partial charge in [0, 0.05) is 13.6 Å². The molecule has 17 heavy (non-hydrogen) atoms. The van der Waals surface area contributed by atoms with E-state index in [0.717, 1.165) is 19.4 Å². The van der Waals surface area contributed by atoms with Crippen LogP contribution >= 0.6 is 11.6 Å². The zero-order valence-electron chi connectivity index (χ0n) is 9.48. The highest BCUT2D eigenvalue weighted by Crippen LogP contribution is 2.31. The molecular formula is C10H14ClN5O. The van der Waals surface area contributed by atoms with Gasteiger partial charge in [0.2, 0.25) is 5.91 Å². The average Bonchev–Trinajstić information content (AvgIpc) is 2.80. The molecule has 1 aromatic heterocycles. The van der Waals surface area contributed by atoms with Crippen LogP contribution in [0.5, 0.6) is 0 Å². The molecule has 0 aromatic carbocycles. The van der Waals surface area contributed by atoms with Crippen LogP contribution in [-0.4, -0.2) is 35.5 Å². The topological polar surface area (TPSA) is 84.1 Å². The summed E-state index contributed by atoms with van der Waals surface area (Å²) in [5.74, 6) is 0.507. The van der Waals surface area contributed by atoms with Crippen molar-refractivity contribution in [1.82, 2.24) is 15.3 Å². The summed E-state index contributed by atoms with van der Waals surface area (Å²) in [5, 5.41) is 2.86. The number of carbonyl (C=O) groups excluding carboxylic acids is 1. The van der Waals surface area contributed by atoms with Crippen LogP contribution in [0.3, 0.4) is 0 Å². The Morgan fingerprint density at radius 1 is 1.65 bits per heavy atom. The van der Waals surface area contributed by atoms with Gasteiger partial charge in [-0.2, -0.15) is 0 Å². The molecule has 1 amide bonds. The van der Waals surface area contributed by atoms with E-state index in [1.807, 2.05) is 4.90 Å². The predicted octanol–water partition coefficient (Wildman–Crippen LogP) is 0.427. The second-order valence-corrected chi connectivity index (χ2v) is 4.23. The summed E-state index contributed by atoms with van der Waals surface area (Å²) in [5.41, 5.74) is 6.16. The summed E-state index contributed by atoms with van der Waals surface area (Å²) >= 11 is 5.85. The van der Waals surface area contributed by atoms with E-state index in [-0.39, 0.29) is 17.1 Å². The third-order valence-electron chi connectivity index (χ3n) is 2.89. The summed E-state index contributed by atoms with van der Waals surface area (Å²) in [6, 6.07) is -0.228. The van der Waals surface area contributed by atoms with Crippen LogP contribution in [0.1, 0.15) is 12.8 Å². The number of aromatic nitrogens is 2. The van der Waals surface area contributed by atoms with Crippen LogP contribution in [0.2, 0.25) is 5.15 Å². The number of hydrogen-bond donors (Lipinski definition) is 2. The highest BCUT2D eigenvalue weighted by Gasteiger charge is 2.32. The fourth-order valence-electron chi connectivity index (χ4n) is 2.05. The lowest BCUT2D eigenvalue weighted by atomic mass is 10.2. The molecule has 1 aliphatic rings. The van der Waals surface area contributed by atoms with E-state index < -0.39 is 0 Å². The first-order valence-electron chi connectivity index (χ1n) is 5.39. The Balaban J connectivity index is 2.32. The first-order valence-corrected chi connectivity index (χ1v) is 5.77. The molecule has 0 radical (unpaired) electrons. The van der Waals surface area contributed by atoms with Crippen LogP contribution in [0.4, 0.5) is 11.5 Å². The zero-order chi connectivity index (χ0) is 12.4. The van der Waals surface area contributed by atoms with E-state index in [1.54, 1.807) is 7.05 Å². The van der Waals surface area contributed by atoms with E-state index in [4.69, 9.17) is 17.3 Å². The van der Waals surface area contributed by atoms with Crippen molar-refractivity contribution in [1.29, 1.82) is 0 Å². The van der Waals surface area contributed by atoms with E-state index in [0.29, 0.717) is 11.5 Å². The first-order chi connectivity index (χ1) is 8.15. The maximum Gasteiger partial charge on any atom is 0.242 e. The number of amides is 1. The number of carbonyl (C=O) groups is 1. The third kappa shape index (κ3) is 2.12. The predicted molar refractivity (Wildman–Crippen MR) is 65.9 cm³/mol. The lowest BCUT2D eigenvalue weighted by molar-refractivity contribution is -0.121. The molecule has 6 nitrogen and oxygen atoms in total. The molecule has 1 unspecified atom stereocenters. The average molecular weight is 256 g/mol. The van der Waals surface area contributed by atoms with Gasteiger partial charge in [0.1, 0.15) is 18.1 Å². The summed E-state index contributed by atoms with van der Waals surface area (Å²) in [6.07, 6.45) is 3.08. The Morgan fingerprint density at radius 3 is 3.12 bits per heavy atom. The van der Waals surface area contributed by atoms with Gasteiger partial charge in [-0.1, -0.05) is 11.6 Å². The molecule has 0 spiro atoms. The maximum atomic E-state index is 11.7. The van der Waals surface area contributed by atoms with Crippen molar-refractivity contribution < 1.29 is 4.79 Å². The Kier molecular flexibility index (Phi) is 3.33. The van der Waals surface area contributed by atoms with Gasteiger partial charge in [0.15, 0.2) is 11.0 Å². The number of nitrogen functional groups attached to an aromatic ring is 1. The maximum absolute atomic E-state index is 11.7. The van der Waals surface area contributed by atoms with Gasteiger partial charge in [-0.15, -0.1) is 0 Å². The van der Waals surface area contributed by atoms with Crippen molar-refractivity contribution in [2.24, 2.45) is 0 Å². The summed E-state index contributed by atoms with van der Waals surface area (Å²) in [7, 11) is 1.62. The second kappa shape index (κ2) is 4.75. The lowest BCUT2D eigenvalue weighted by Gasteiger charge is -2.25. The largest absolute Gasteiger partial charge is 0.393 e. The second-order valence-electron chi connectivity index (χ2n) is 3.87. The van der Waals surface area contributed by atoms with Crippen molar-refractivity contribution in [2.45, 2.75) is 18.9 Å². The third-order valence-corrected chi connectivity index (χ3v) is 3.19. The van der Waals surface area contributed by atoms with E-state index >= 15 is 0 Å². The molecule has 0 saturated carbocycles. The highest BCUT2D eigenvalue weighted by atomic mass is 35.5. The minimum atomic E-state index is -0.228. The molecule has 1 aliphatic heterocycles. The molecular weight excluding hydrogens is 242 g/mol. The minimum Gasteiger partial charge on any atom is -0.393 e. The monoisotopic (exact) mass is 255 g/mol. The SMILES string of the molecule is CNC(=O)C1CCCN1c1ncnc(Cl)c1N. The number of anilines is 2. The van der Waals surface area contributed by atoms with Crippen LogP contribution in [-0.2, 0) is 4.79 Å². The zero-order valence-corrected chi connectivity index (χ0v) is 10.2. The van der Waals surface area contributed by atoms with Gasteiger partial charge in [-0.05, 0) is 12.8 Å². The fraction of sp³-hybridized carbons (Fsp3) is 0.500. The Labute approximate surface area is 104 Å². The molecule has 2 heterocycles. The molecule has 92 valence electrons. The Bertz CT molecular complexity index is 439. The molecule has 7 heteroatoms. The standard InChI is InChI=1S/C10H14ClN5O/c1-13-10(17)6-3-2-4-16(6)9-7(12)8(11)14-5-15-9/h5-6H,2-4,12H2,1H3,(H,13,17). The normalized spacial score (nSPS) is 19.4. The molecule has 0 aliphatic carbocycles. The fourth-order valence-corrected chi connectivity index (χ4v) is 2.18. The van der Waals surface area contributed by atoms with Crippen molar-refractivity contribution in [3.8, 4) is 0 Å². The minimum absolute atomic E-state index is 0.0309. The van der Waals surface area contributed by atoms with Gasteiger partial charge in [0.05, 0.1) is 0 Å². The number of hydrogen-bond acceptors (Lipinski definition) is 5. The van der Waals surface area contributed by atoms with Crippen molar-refractivity contribution in [2.75, 3.05) is 24.2 Å². The van der Waals surface area contributed by atoms with Gasteiger partial charge in [-0.25, -0.2) is 9.97 Å². The van der Waals surface area contributed by atoms with Crippen LogP contribution in [0, 0.1) is 0 Å². The molecule has 1 atom stereocenters. The summed E-state index contributed by atoms with van der Waals surface area (Å²) in [4.78, 5) is 21.5. The summed E-state index contributed by atoms with van der Waals surface area (Å²) < 4.78 is 0. The molecule has 1 aromatic rings. The Hall–Kier alpha value is -1.56. The van der Waals surface area contributed by atoms with Crippen molar-refractivity contribution in [3.63, 3.8) is 0 Å². The van der Waals surface area contributed by atoms with E-state index in [9.17, 15) is 4.79 Å². The number of halogens is 1. The van der Waals surface area contributed by atoms with Gasteiger partial charge >= 0.3 is 0 Å². The highest BCUT2D eigenvalue weighted by molar-refractivity contribution is 6.32.